The number of hydrogen-bond acceptors (Lipinski definition) is 4. The predicted octanol–water partition coefficient (Wildman–Crippen LogP) is 1.06. The highest BCUT2D eigenvalue weighted by Gasteiger charge is 2.60. The summed E-state index contributed by atoms with van der Waals surface area (Å²) in [5.41, 5.74) is -0.196. The fraction of sp³-hybridized carbons (Fsp3) is 0.636. The largest absolute Gasteiger partial charge is 0.469 e. The maximum Gasteiger partial charge on any atom is 0.313 e. The van der Waals surface area contributed by atoms with Crippen molar-refractivity contribution in [3.05, 3.63) is 12.2 Å². The van der Waals surface area contributed by atoms with Crippen LogP contribution in [0.4, 0.5) is 0 Å². The van der Waals surface area contributed by atoms with Gasteiger partial charge in [-0.05, 0) is 18.9 Å². The van der Waals surface area contributed by atoms with Gasteiger partial charge in [-0.1, -0.05) is 6.08 Å². The van der Waals surface area contributed by atoms with Gasteiger partial charge >= 0.3 is 11.9 Å². The maximum atomic E-state index is 11.5. The Bertz CT molecular complexity index is 327. The van der Waals surface area contributed by atoms with Crippen molar-refractivity contribution in [2.75, 3.05) is 7.11 Å². The highest BCUT2D eigenvalue weighted by molar-refractivity contribution is 5.77. The summed E-state index contributed by atoms with van der Waals surface area (Å²) in [7, 11) is 1.38. The van der Waals surface area contributed by atoms with Crippen molar-refractivity contribution < 1.29 is 19.1 Å². The van der Waals surface area contributed by atoms with Gasteiger partial charge < -0.3 is 9.47 Å². The second kappa shape index (κ2) is 3.36. The van der Waals surface area contributed by atoms with E-state index in [4.69, 9.17) is 9.47 Å². The maximum absolute atomic E-state index is 11.5. The molecule has 1 saturated carbocycles. The Morgan fingerprint density at radius 3 is 2.47 bits per heavy atom. The van der Waals surface area contributed by atoms with Crippen LogP contribution in [0.3, 0.4) is 0 Å². The van der Waals surface area contributed by atoms with Crippen molar-refractivity contribution in [2.24, 2.45) is 11.3 Å². The summed E-state index contributed by atoms with van der Waals surface area (Å²) in [6, 6.07) is 0. The summed E-state index contributed by atoms with van der Waals surface area (Å²) in [5.74, 6) is -0.785. The van der Waals surface area contributed by atoms with Crippen LogP contribution >= 0.6 is 0 Å². The van der Waals surface area contributed by atoms with Crippen LogP contribution in [0, 0.1) is 11.3 Å². The number of rotatable bonds is 2. The number of methoxy groups -OCH3 is 1. The summed E-state index contributed by atoms with van der Waals surface area (Å²) in [5, 5.41) is 0. The summed E-state index contributed by atoms with van der Waals surface area (Å²) in [6.45, 7) is 1.38. The van der Waals surface area contributed by atoms with Crippen molar-refractivity contribution in [1.29, 1.82) is 0 Å². The van der Waals surface area contributed by atoms with Crippen molar-refractivity contribution in [3.63, 3.8) is 0 Å². The number of ether oxygens (including phenoxy) is 2. The first-order valence-electron chi connectivity index (χ1n) is 5.03. The SMILES string of the molecule is COC(=O)[C@@H]1C=C[C@H](OC(C)=O)C12CC2. The lowest BCUT2D eigenvalue weighted by atomic mass is 9.90. The molecule has 0 radical (unpaired) electrons. The normalized spacial score (nSPS) is 30.3. The molecule has 2 rings (SSSR count). The quantitative estimate of drug-likeness (QED) is 0.505. The van der Waals surface area contributed by atoms with Crippen molar-refractivity contribution in [2.45, 2.75) is 25.9 Å². The van der Waals surface area contributed by atoms with Crippen LogP contribution in [0.5, 0.6) is 0 Å². The van der Waals surface area contributed by atoms with E-state index in [0.29, 0.717) is 0 Å². The molecular formula is C11H14O4. The number of hydrogen-bond donors (Lipinski definition) is 0. The van der Waals surface area contributed by atoms with E-state index in [1.807, 2.05) is 0 Å². The summed E-state index contributed by atoms with van der Waals surface area (Å²) < 4.78 is 9.91. The molecule has 0 amide bonds. The molecule has 0 aromatic carbocycles. The molecule has 0 unspecified atom stereocenters. The van der Waals surface area contributed by atoms with Gasteiger partial charge in [-0.2, -0.15) is 0 Å². The van der Waals surface area contributed by atoms with Gasteiger partial charge in [0, 0.05) is 12.3 Å². The molecule has 0 aliphatic heterocycles. The molecule has 0 bridgehead atoms. The summed E-state index contributed by atoms with van der Waals surface area (Å²) in [6.07, 6.45) is 5.18. The molecule has 0 saturated heterocycles. The van der Waals surface area contributed by atoms with E-state index >= 15 is 0 Å². The van der Waals surface area contributed by atoms with E-state index in [1.54, 1.807) is 12.2 Å². The van der Waals surface area contributed by atoms with Crippen LogP contribution in [0.15, 0.2) is 12.2 Å². The Morgan fingerprint density at radius 2 is 2.00 bits per heavy atom. The van der Waals surface area contributed by atoms with Crippen LogP contribution in [0.1, 0.15) is 19.8 Å². The molecule has 0 aromatic heterocycles. The fourth-order valence-corrected chi connectivity index (χ4v) is 2.29. The van der Waals surface area contributed by atoms with E-state index in [0.717, 1.165) is 12.8 Å². The van der Waals surface area contributed by atoms with E-state index in [-0.39, 0.29) is 29.4 Å². The van der Waals surface area contributed by atoms with Crippen molar-refractivity contribution in [3.8, 4) is 0 Å². The fourth-order valence-electron chi connectivity index (χ4n) is 2.29. The molecule has 2 aliphatic rings. The Morgan fingerprint density at radius 1 is 1.33 bits per heavy atom. The highest BCUT2D eigenvalue weighted by Crippen LogP contribution is 2.59. The summed E-state index contributed by atoms with van der Waals surface area (Å²) in [4.78, 5) is 22.4. The monoisotopic (exact) mass is 210 g/mol. The Kier molecular flexibility index (Phi) is 2.29. The van der Waals surface area contributed by atoms with Crippen molar-refractivity contribution >= 4 is 11.9 Å². The number of carbonyl (C=O) groups is 2. The van der Waals surface area contributed by atoms with Crippen LogP contribution in [0.25, 0.3) is 0 Å². The average molecular weight is 210 g/mol. The van der Waals surface area contributed by atoms with Gasteiger partial charge in [-0.3, -0.25) is 9.59 Å². The third kappa shape index (κ3) is 1.54. The van der Waals surface area contributed by atoms with Crippen molar-refractivity contribution in [1.82, 2.24) is 0 Å². The van der Waals surface area contributed by atoms with Gasteiger partial charge in [-0.25, -0.2) is 0 Å². The first-order chi connectivity index (χ1) is 7.10. The van der Waals surface area contributed by atoms with Gasteiger partial charge in [0.2, 0.25) is 0 Å². The molecule has 15 heavy (non-hydrogen) atoms. The zero-order valence-electron chi connectivity index (χ0n) is 8.86. The second-order valence-corrected chi connectivity index (χ2v) is 4.15. The minimum atomic E-state index is -0.304. The van der Waals surface area contributed by atoms with Gasteiger partial charge in [0.25, 0.3) is 0 Å². The Hall–Kier alpha value is -1.32. The van der Waals surface area contributed by atoms with Gasteiger partial charge in [0.05, 0.1) is 13.0 Å². The lowest BCUT2D eigenvalue weighted by molar-refractivity contribution is -0.153. The van der Waals surface area contributed by atoms with Gasteiger partial charge in [0.15, 0.2) is 0 Å². The second-order valence-electron chi connectivity index (χ2n) is 4.15. The molecule has 0 heterocycles. The van der Waals surface area contributed by atoms with E-state index in [2.05, 4.69) is 0 Å². The molecule has 1 fully saturated rings. The van der Waals surface area contributed by atoms with Gasteiger partial charge in [0.1, 0.15) is 6.10 Å². The van der Waals surface area contributed by atoms with E-state index < -0.39 is 0 Å². The van der Waals surface area contributed by atoms with Crippen LogP contribution in [-0.2, 0) is 19.1 Å². The number of esters is 2. The molecule has 4 heteroatoms. The lowest BCUT2D eigenvalue weighted by Gasteiger charge is -2.22. The van der Waals surface area contributed by atoms with E-state index in [1.165, 1.54) is 14.0 Å². The smallest absolute Gasteiger partial charge is 0.313 e. The third-order valence-corrected chi connectivity index (χ3v) is 3.24. The third-order valence-electron chi connectivity index (χ3n) is 3.24. The molecule has 82 valence electrons. The molecule has 0 aromatic rings. The molecule has 4 nitrogen and oxygen atoms in total. The topological polar surface area (TPSA) is 52.6 Å². The molecule has 0 N–H and O–H groups in total. The van der Waals surface area contributed by atoms with Crippen LogP contribution in [0.2, 0.25) is 0 Å². The zero-order valence-corrected chi connectivity index (χ0v) is 8.86. The molecule has 1 spiro atoms. The van der Waals surface area contributed by atoms with Crippen LogP contribution in [-0.4, -0.2) is 25.2 Å². The molecule has 2 aliphatic carbocycles. The highest BCUT2D eigenvalue weighted by atomic mass is 16.5. The predicted molar refractivity (Wildman–Crippen MR) is 51.9 cm³/mol. The molecule has 2 atom stereocenters. The standard InChI is InChI=1S/C11H14O4/c1-7(12)15-9-4-3-8(10(13)14-2)11(9)5-6-11/h3-4,8-9H,5-6H2,1-2H3/t8-,9-/m0/s1. The lowest BCUT2D eigenvalue weighted by Crippen LogP contribution is -2.31. The summed E-state index contributed by atoms with van der Waals surface area (Å²) >= 11 is 0. The number of carbonyl (C=O) groups excluding carboxylic acids is 2. The zero-order chi connectivity index (χ0) is 11.1. The molecular weight excluding hydrogens is 196 g/mol. The Balaban J connectivity index is 2.12. The first-order valence-corrected chi connectivity index (χ1v) is 5.03. The minimum Gasteiger partial charge on any atom is -0.469 e. The average Bonchev–Trinajstić information content (AvgIpc) is 2.88. The van der Waals surface area contributed by atoms with Crippen LogP contribution < -0.4 is 0 Å². The first kappa shape index (κ1) is 10.2. The van der Waals surface area contributed by atoms with E-state index in [9.17, 15) is 9.59 Å². The van der Waals surface area contributed by atoms with Gasteiger partial charge in [-0.15, -0.1) is 0 Å². The minimum absolute atomic E-state index is 0.196. The Labute approximate surface area is 88.2 Å².